The van der Waals surface area contributed by atoms with Gasteiger partial charge in [0.05, 0.1) is 0 Å². The largest absolute Gasteiger partial charge is 0.326 e. The predicted molar refractivity (Wildman–Crippen MR) is 76.5 cm³/mol. The van der Waals surface area contributed by atoms with E-state index in [0.29, 0.717) is 6.04 Å². The molecule has 1 fully saturated rings. The molecule has 17 heavy (non-hydrogen) atoms. The molecule has 0 amide bonds. The number of hydrogen-bond acceptors (Lipinski definition) is 3. The van der Waals surface area contributed by atoms with Crippen LogP contribution in [-0.2, 0) is 0 Å². The number of nitrogens with zero attached hydrogens (tertiary/aromatic N) is 1. The van der Waals surface area contributed by atoms with Crippen LogP contribution in [0.2, 0.25) is 0 Å². The van der Waals surface area contributed by atoms with Crippen LogP contribution in [0.15, 0.2) is 24.3 Å². The summed E-state index contributed by atoms with van der Waals surface area (Å²) in [7, 11) is 0. The van der Waals surface area contributed by atoms with E-state index in [4.69, 9.17) is 5.73 Å². The second-order valence-corrected chi connectivity index (χ2v) is 6.09. The van der Waals surface area contributed by atoms with Crippen LogP contribution in [0.3, 0.4) is 0 Å². The van der Waals surface area contributed by atoms with Crippen LogP contribution in [-0.4, -0.2) is 35.5 Å². The molecule has 2 rings (SSSR count). The minimum absolute atomic E-state index is 0.181. The highest BCUT2D eigenvalue weighted by Gasteiger charge is 2.25. The van der Waals surface area contributed by atoms with Gasteiger partial charge in [-0.25, -0.2) is 0 Å². The minimum Gasteiger partial charge on any atom is -0.326 e. The molecule has 0 saturated carbocycles. The number of benzene rings is 1. The Bertz CT molecular complexity index is 342. The van der Waals surface area contributed by atoms with Crippen molar-refractivity contribution >= 4 is 11.8 Å². The Morgan fingerprint density at radius 2 is 1.76 bits per heavy atom. The average Bonchev–Trinajstić information content (AvgIpc) is 2.33. The van der Waals surface area contributed by atoms with E-state index >= 15 is 0 Å². The lowest BCUT2D eigenvalue weighted by Gasteiger charge is -2.37. The van der Waals surface area contributed by atoms with Crippen molar-refractivity contribution in [2.75, 3.05) is 24.6 Å². The van der Waals surface area contributed by atoms with E-state index in [2.05, 4.69) is 43.0 Å². The van der Waals surface area contributed by atoms with E-state index in [1.54, 1.807) is 0 Å². The van der Waals surface area contributed by atoms with Gasteiger partial charge in [-0.2, -0.15) is 11.8 Å². The second kappa shape index (κ2) is 5.89. The average molecular weight is 250 g/mol. The van der Waals surface area contributed by atoms with Gasteiger partial charge < -0.3 is 5.73 Å². The van der Waals surface area contributed by atoms with E-state index in [-0.39, 0.29) is 6.04 Å². The number of rotatable bonds is 3. The molecular formula is C14H22N2S. The highest BCUT2D eigenvalue weighted by Crippen LogP contribution is 2.26. The van der Waals surface area contributed by atoms with Gasteiger partial charge in [-0.3, -0.25) is 4.90 Å². The maximum absolute atomic E-state index is 6.19. The Balaban J connectivity index is 2.18. The molecule has 1 heterocycles. The van der Waals surface area contributed by atoms with Crippen LogP contribution < -0.4 is 5.73 Å². The fraction of sp³-hybridized carbons (Fsp3) is 0.571. The Hall–Kier alpha value is -0.510. The zero-order chi connectivity index (χ0) is 12.3. The van der Waals surface area contributed by atoms with E-state index in [0.717, 1.165) is 13.1 Å². The number of nitrogens with two attached hydrogens (primary N) is 1. The van der Waals surface area contributed by atoms with Gasteiger partial charge in [0.15, 0.2) is 0 Å². The van der Waals surface area contributed by atoms with Crippen LogP contribution in [0.25, 0.3) is 0 Å². The summed E-state index contributed by atoms with van der Waals surface area (Å²) in [5.41, 5.74) is 8.86. The molecule has 0 bridgehead atoms. The third-order valence-corrected chi connectivity index (χ3v) is 4.30. The molecule has 2 nitrogen and oxygen atoms in total. The van der Waals surface area contributed by atoms with Gasteiger partial charge in [0.2, 0.25) is 0 Å². The fourth-order valence-corrected chi connectivity index (χ4v) is 3.40. The first-order valence-electron chi connectivity index (χ1n) is 6.32. The van der Waals surface area contributed by atoms with Gasteiger partial charge in [-0.1, -0.05) is 29.8 Å². The molecule has 0 aliphatic carbocycles. The summed E-state index contributed by atoms with van der Waals surface area (Å²) in [6.07, 6.45) is 0. The molecule has 1 aromatic carbocycles. The van der Waals surface area contributed by atoms with Gasteiger partial charge in [-0.05, 0) is 19.4 Å². The van der Waals surface area contributed by atoms with Gasteiger partial charge in [-0.15, -0.1) is 0 Å². The summed E-state index contributed by atoms with van der Waals surface area (Å²) >= 11 is 2.04. The molecule has 1 aliphatic heterocycles. The van der Waals surface area contributed by atoms with Crippen LogP contribution >= 0.6 is 11.8 Å². The summed E-state index contributed by atoms with van der Waals surface area (Å²) in [6, 6.07) is 9.38. The number of hydrogen-bond donors (Lipinski definition) is 1. The topological polar surface area (TPSA) is 29.3 Å². The van der Waals surface area contributed by atoms with Crippen molar-refractivity contribution in [1.29, 1.82) is 0 Å². The summed E-state index contributed by atoms with van der Waals surface area (Å²) in [6.45, 7) is 6.56. The smallest absolute Gasteiger partial charge is 0.0497 e. The first-order chi connectivity index (χ1) is 8.18. The Morgan fingerprint density at radius 1 is 1.18 bits per heavy atom. The third kappa shape index (κ3) is 3.24. The molecule has 0 aromatic heterocycles. The summed E-state index contributed by atoms with van der Waals surface area (Å²) in [4.78, 5) is 2.53. The molecule has 1 aliphatic rings. The molecule has 2 unspecified atom stereocenters. The molecule has 1 saturated heterocycles. The first kappa shape index (κ1) is 12.9. The molecule has 1 aromatic rings. The number of thioether (sulfide) groups is 1. The lowest BCUT2D eigenvalue weighted by Crippen LogP contribution is -2.43. The van der Waals surface area contributed by atoms with Gasteiger partial charge in [0.1, 0.15) is 0 Å². The van der Waals surface area contributed by atoms with Gasteiger partial charge in [0, 0.05) is 36.7 Å². The lowest BCUT2D eigenvalue weighted by molar-refractivity contribution is 0.195. The van der Waals surface area contributed by atoms with Crippen molar-refractivity contribution in [2.45, 2.75) is 25.9 Å². The maximum atomic E-state index is 6.19. The summed E-state index contributed by atoms with van der Waals surface area (Å²) in [5, 5.41) is 0. The predicted octanol–water partition coefficient (Wildman–Crippen LogP) is 2.43. The van der Waals surface area contributed by atoms with Crippen LogP contribution in [0.1, 0.15) is 24.1 Å². The van der Waals surface area contributed by atoms with Crippen molar-refractivity contribution in [1.82, 2.24) is 4.90 Å². The Labute approximate surface area is 109 Å². The summed E-state index contributed by atoms with van der Waals surface area (Å²) in [5.74, 6) is 2.46. The molecule has 2 N–H and O–H groups in total. The van der Waals surface area contributed by atoms with Crippen molar-refractivity contribution in [2.24, 2.45) is 5.73 Å². The van der Waals surface area contributed by atoms with Crippen LogP contribution in [0.5, 0.6) is 0 Å². The quantitative estimate of drug-likeness (QED) is 0.893. The Morgan fingerprint density at radius 3 is 2.29 bits per heavy atom. The van der Waals surface area contributed by atoms with E-state index < -0.39 is 0 Å². The normalized spacial score (nSPS) is 21.1. The van der Waals surface area contributed by atoms with E-state index in [9.17, 15) is 0 Å². The standard InChI is InChI=1S/C14H22N2S/c1-11-3-5-13(6-4-11)14(12(2)15)16-7-9-17-10-8-16/h3-6,12,14H,7-10,15H2,1-2H3. The minimum atomic E-state index is 0.181. The van der Waals surface area contributed by atoms with Gasteiger partial charge >= 0.3 is 0 Å². The second-order valence-electron chi connectivity index (χ2n) is 4.86. The molecule has 2 atom stereocenters. The Kier molecular flexibility index (Phi) is 4.48. The monoisotopic (exact) mass is 250 g/mol. The van der Waals surface area contributed by atoms with Crippen LogP contribution in [0.4, 0.5) is 0 Å². The zero-order valence-electron chi connectivity index (χ0n) is 10.7. The lowest BCUT2D eigenvalue weighted by atomic mass is 9.98. The summed E-state index contributed by atoms with van der Waals surface area (Å²) < 4.78 is 0. The molecular weight excluding hydrogens is 228 g/mol. The van der Waals surface area contributed by atoms with Gasteiger partial charge in [0.25, 0.3) is 0 Å². The first-order valence-corrected chi connectivity index (χ1v) is 7.48. The van der Waals surface area contributed by atoms with E-state index in [1.807, 2.05) is 11.8 Å². The van der Waals surface area contributed by atoms with Crippen molar-refractivity contribution in [3.8, 4) is 0 Å². The van der Waals surface area contributed by atoms with Crippen molar-refractivity contribution in [3.63, 3.8) is 0 Å². The van der Waals surface area contributed by atoms with Crippen molar-refractivity contribution in [3.05, 3.63) is 35.4 Å². The molecule has 3 heteroatoms. The van der Waals surface area contributed by atoms with Crippen LogP contribution in [0, 0.1) is 6.92 Å². The van der Waals surface area contributed by atoms with E-state index in [1.165, 1.54) is 22.6 Å². The molecule has 0 radical (unpaired) electrons. The highest BCUT2D eigenvalue weighted by atomic mass is 32.2. The van der Waals surface area contributed by atoms with Crippen molar-refractivity contribution < 1.29 is 0 Å². The maximum Gasteiger partial charge on any atom is 0.0497 e. The fourth-order valence-electron chi connectivity index (χ4n) is 2.47. The highest BCUT2D eigenvalue weighted by molar-refractivity contribution is 7.99. The SMILES string of the molecule is Cc1ccc(C(C(C)N)N2CCSCC2)cc1. The molecule has 0 spiro atoms. The third-order valence-electron chi connectivity index (χ3n) is 3.36. The zero-order valence-corrected chi connectivity index (χ0v) is 11.5. The number of aryl methyl sites for hydroxylation is 1. The molecule has 94 valence electrons.